The van der Waals surface area contributed by atoms with E-state index in [1.807, 2.05) is 0 Å². The van der Waals surface area contributed by atoms with E-state index in [1.165, 1.54) is 6.92 Å². The SMILES string of the molecule is CC(=O)NC(C(=O)Nc1cc2c(cc1Cl)OCCO2)C1CCCC1. The molecule has 1 aliphatic heterocycles. The Morgan fingerprint density at radius 3 is 2.42 bits per heavy atom. The number of benzene rings is 1. The third-order valence-electron chi connectivity index (χ3n) is 4.40. The molecule has 2 amide bonds. The highest BCUT2D eigenvalue weighted by Crippen LogP contribution is 2.38. The van der Waals surface area contributed by atoms with E-state index in [1.54, 1.807) is 12.1 Å². The zero-order chi connectivity index (χ0) is 17.1. The number of amides is 2. The quantitative estimate of drug-likeness (QED) is 0.873. The Balaban J connectivity index is 1.77. The summed E-state index contributed by atoms with van der Waals surface area (Å²) in [7, 11) is 0. The first kappa shape index (κ1) is 16.9. The third kappa shape index (κ3) is 3.75. The van der Waals surface area contributed by atoms with Crippen molar-refractivity contribution in [3.05, 3.63) is 17.2 Å². The number of hydrogen-bond donors (Lipinski definition) is 2. The van der Waals surface area contributed by atoms with Crippen LogP contribution in [0.15, 0.2) is 12.1 Å². The topological polar surface area (TPSA) is 76.7 Å². The van der Waals surface area contributed by atoms with Crippen LogP contribution in [-0.4, -0.2) is 31.1 Å². The Labute approximate surface area is 145 Å². The maximum atomic E-state index is 12.7. The summed E-state index contributed by atoms with van der Waals surface area (Å²) in [5.41, 5.74) is 0.458. The average Bonchev–Trinajstić information content (AvgIpc) is 3.07. The fourth-order valence-corrected chi connectivity index (χ4v) is 3.48. The Bertz CT molecular complexity index is 644. The summed E-state index contributed by atoms with van der Waals surface area (Å²) in [4.78, 5) is 24.2. The van der Waals surface area contributed by atoms with Crippen molar-refractivity contribution in [3.63, 3.8) is 0 Å². The van der Waals surface area contributed by atoms with Crippen LogP contribution in [0.5, 0.6) is 11.5 Å². The summed E-state index contributed by atoms with van der Waals surface area (Å²) in [6, 6.07) is 2.75. The summed E-state index contributed by atoms with van der Waals surface area (Å²) in [6.45, 7) is 2.35. The van der Waals surface area contributed by atoms with Crippen molar-refractivity contribution in [1.29, 1.82) is 0 Å². The number of nitrogens with one attached hydrogen (secondary N) is 2. The number of ether oxygens (including phenoxy) is 2. The smallest absolute Gasteiger partial charge is 0.247 e. The van der Waals surface area contributed by atoms with Gasteiger partial charge in [-0.3, -0.25) is 9.59 Å². The van der Waals surface area contributed by atoms with Gasteiger partial charge in [-0.1, -0.05) is 24.4 Å². The van der Waals surface area contributed by atoms with Gasteiger partial charge in [0.1, 0.15) is 19.3 Å². The van der Waals surface area contributed by atoms with Crippen molar-refractivity contribution in [2.75, 3.05) is 18.5 Å². The molecular weight excluding hydrogens is 332 g/mol. The van der Waals surface area contributed by atoms with E-state index in [2.05, 4.69) is 10.6 Å². The lowest BCUT2D eigenvalue weighted by Crippen LogP contribution is -2.47. The molecule has 1 aliphatic carbocycles. The van der Waals surface area contributed by atoms with E-state index in [0.717, 1.165) is 25.7 Å². The van der Waals surface area contributed by atoms with Gasteiger partial charge in [-0.2, -0.15) is 0 Å². The van der Waals surface area contributed by atoms with Crippen LogP contribution in [0.25, 0.3) is 0 Å². The highest BCUT2D eigenvalue weighted by molar-refractivity contribution is 6.34. The molecule has 1 heterocycles. The van der Waals surface area contributed by atoms with Crippen molar-refractivity contribution in [3.8, 4) is 11.5 Å². The Kier molecular flexibility index (Phi) is 5.14. The molecule has 1 fully saturated rings. The first-order chi connectivity index (χ1) is 11.5. The van der Waals surface area contributed by atoms with Crippen LogP contribution >= 0.6 is 11.6 Å². The van der Waals surface area contributed by atoms with Gasteiger partial charge in [0, 0.05) is 19.1 Å². The van der Waals surface area contributed by atoms with Gasteiger partial charge in [-0.05, 0) is 18.8 Å². The van der Waals surface area contributed by atoms with Crippen molar-refractivity contribution in [2.45, 2.75) is 38.6 Å². The first-order valence-corrected chi connectivity index (χ1v) is 8.59. The molecule has 7 heteroatoms. The standard InChI is InChI=1S/C17H21ClN2O4/c1-10(21)19-16(11-4-2-3-5-11)17(22)20-13-9-15-14(8-12(13)18)23-6-7-24-15/h8-9,11,16H,2-7H2,1H3,(H,19,21)(H,20,22). The minimum atomic E-state index is -0.547. The molecule has 0 spiro atoms. The molecule has 0 aromatic heterocycles. The summed E-state index contributed by atoms with van der Waals surface area (Å²) < 4.78 is 11.0. The fraction of sp³-hybridized carbons (Fsp3) is 0.529. The largest absolute Gasteiger partial charge is 0.486 e. The zero-order valence-electron chi connectivity index (χ0n) is 13.6. The molecule has 0 radical (unpaired) electrons. The van der Waals surface area contributed by atoms with Gasteiger partial charge in [-0.25, -0.2) is 0 Å². The van der Waals surface area contributed by atoms with Crippen molar-refractivity contribution < 1.29 is 19.1 Å². The van der Waals surface area contributed by atoms with Crippen molar-refractivity contribution >= 4 is 29.1 Å². The van der Waals surface area contributed by atoms with Crippen LogP contribution < -0.4 is 20.1 Å². The molecule has 2 aliphatic rings. The second-order valence-electron chi connectivity index (χ2n) is 6.19. The van der Waals surface area contributed by atoms with E-state index in [4.69, 9.17) is 21.1 Å². The van der Waals surface area contributed by atoms with E-state index in [-0.39, 0.29) is 17.7 Å². The molecular formula is C17H21ClN2O4. The van der Waals surface area contributed by atoms with E-state index in [9.17, 15) is 9.59 Å². The van der Waals surface area contributed by atoms with Crippen LogP contribution in [0.2, 0.25) is 5.02 Å². The molecule has 3 rings (SSSR count). The molecule has 1 atom stereocenters. The minimum Gasteiger partial charge on any atom is -0.486 e. The van der Waals surface area contributed by atoms with Gasteiger partial charge in [0.2, 0.25) is 11.8 Å². The van der Waals surface area contributed by atoms with Gasteiger partial charge in [0.05, 0.1) is 10.7 Å². The molecule has 2 N–H and O–H groups in total. The second-order valence-corrected chi connectivity index (χ2v) is 6.59. The monoisotopic (exact) mass is 352 g/mol. The second kappa shape index (κ2) is 7.30. The maximum absolute atomic E-state index is 12.7. The van der Waals surface area contributed by atoms with Crippen LogP contribution in [0, 0.1) is 5.92 Å². The minimum absolute atomic E-state index is 0.157. The van der Waals surface area contributed by atoms with Gasteiger partial charge in [-0.15, -0.1) is 0 Å². The summed E-state index contributed by atoms with van der Waals surface area (Å²) in [6.07, 6.45) is 4.04. The molecule has 0 saturated heterocycles. The van der Waals surface area contributed by atoms with E-state index < -0.39 is 6.04 Å². The predicted molar refractivity (Wildman–Crippen MR) is 90.6 cm³/mol. The number of rotatable bonds is 4. The molecule has 1 unspecified atom stereocenters. The Hall–Kier alpha value is -1.95. The van der Waals surface area contributed by atoms with Gasteiger partial charge in [0.15, 0.2) is 11.5 Å². The zero-order valence-corrected chi connectivity index (χ0v) is 14.3. The van der Waals surface area contributed by atoms with E-state index in [0.29, 0.717) is 35.4 Å². The van der Waals surface area contributed by atoms with Gasteiger partial charge in [0.25, 0.3) is 0 Å². The van der Waals surface area contributed by atoms with Crippen molar-refractivity contribution in [1.82, 2.24) is 5.32 Å². The predicted octanol–water partition coefficient (Wildman–Crippen LogP) is 2.74. The number of carbonyl (C=O) groups excluding carboxylic acids is 2. The molecule has 130 valence electrons. The summed E-state index contributed by atoms with van der Waals surface area (Å²) in [5, 5.41) is 5.97. The lowest BCUT2D eigenvalue weighted by Gasteiger charge is -2.24. The number of halogens is 1. The molecule has 1 aromatic rings. The van der Waals surface area contributed by atoms with Gasteiger partial charge < -0.3 is 20.1 Å². The Morgan fingerprint density at radius 1 is 1.17 bits per heavy atom. The van der Waals surface area contributed by atoms with Gasteiger partial charge >= 0.3 is 0 Å². The maximum Gasteiger partial charge on any atom is 0.247 e. The number of fused-ring (bicyclic) bond motifs is 1. The Morgan fingerprint density at radius 2 is 1.79 bits per heavy atom. The van der Waals surface area contributed by atoms with E-state index >= 15 is 0 Å². The molecule has 1 saturated carbocycles. The molecule has 6 nitrogen and oxygen atoms in total. The lowest BCUT2D eigenvalue weighted by molar-refractivity contribution is -0.126. The lowest BCUT2D eigenvalue weighted by atomic mass is 9.97. The normalized spacial score (nSPS) is 18.1. The summed E-state index contributed by atoms with van der Waals surface area (Å²) >= 11 is 6.24. The molecule has 0 bridgehead atoms. The number of carbonyl (C=O) groups is 2. The molecule has 24 heavy (non-hydrogen) atoms. The van der Waals surface area contributed by atoms with Crippen LogP contribution in [-0.2, 0) is 9.59 Å². The van der Waals surface area contributed by atoms with Crippen molar-refractivity contribution in [2.24, 2.45) is 5.92 Å². The third-order valence-corrected chi connectivity index (χ3v) is 4.71. The van der Waals surface area contributed by atoms with Crippen LogP contribution in [0.3, 0.4) is 0 Å². The number of hydrogen-bond acceptors (Lipinski definition) is 4. The van der Waals surface area contributed by atoms with Crippen LogP contribution in [0.1, 0.15) is 32.6 Å². The number of anilines is 1. The highest BCUT2D eigenvalue weighted by atomic mass is 35.5. The average molecular weight is 353 g/mol. The molecule has 1 aromatic carbocycles. The fourth-order valence-electron chi connectivity index (χ4n) is 3.28. The first-order valence-electron chi connectivity index (χ1n) is 8.21. The highest BCUT2D eigenvalue weighted by Gasteiger charge is 2.31. The summed E-state index contributed by atoms with van der Waals surface area (Å²) in [5.74, 6) is 0.812. The van der Waals surface area contributed by atoms with Crippen LogP contribution in [0.4, 0.5) is 5.69 Å².